The molecule has 1 fully saturated rings. The molecule has 1 aliphatic rings. The first kappa shape index (κ1) is 33.6. The fourth-order valence-corrected chi connectivity index (χ4v) is 4.42. The zero-order valence-corrected chi connectivity index (χ0v) is 24.2. The summed E-state index contributed by atoms with van der Waals surface area (Å²) in [5.74, 6) is 1.75. The monoisotopic (exact) mass is 544 g/mol. The minimum Gasteiger partial charge on any atom is -0.453 e. The van der Waals surface area contributed by atoms with Gasteiger partial charge in [-0.2, -0.15) is 0 Å². The van der Waals surface area contributed by atoms with Gasteiger partial charge in [0, 0.05) is 30.4 Å². The molecule has 218 valence electrons. The van der Waals surface area contributed by atoms with Gasteiger partial charge >= 0.3 is 6.09 Å². The molecule has 39 heavy (non-hydrogen) atoms. The number of amides is 2. The third kappa shape index (κ3) is 11.9. The number of aldehydes is 1. The smallest absolute Gasteiger partial charge is 0.411 e. The highest BCUT2D eigenvalue weighted by Crippen LogP contribution is 2.31. The number of H-pyrrole nitrogens is 1. The number of hydrogen-bond acceptors (Lipinski definition) is 7. The molecular formula is C29H48N6O4. The molecule has 0 bridgehead atoms. The molecule has 2 aromatic rings. The quantitative estimate of drug-likeness (QED) is 0.217. The van der Waals surface area contributed by atoms with Crippen LogP contribution in [0.5, 0.6) is 0 Å². The Hall–Kier alpha value is -3.40. The van der Waals surface area contributed by atoms with Crippen LogP contribution in [0.2, 0.25) is 0 Å². The zero-order valence-electron chi connectivity index (χ0n) is 24.2. The van der Waals surface area contributed by atoms with Crippen molar-refractivity contribution in [3.8, 4) is 11.3 Å². The molecule has 10 nitrogen and oxygen atoms in total. The number of nitrogens with one attached hydrogen (secondary N) is 4. The standard InChI is InChI=1S/C20H27N5O4.C7H15N.C2H6/c1-13(8-9-26)4-7-16(23-12-27)19-22-11-18(25-19)15-6-5-14(10-17(15)21-2)24-20(28)29-3;8-6-7-4-2-1-3-5-7;1-2/h5-6,9-13,16,21H,4,7-8H2,1-3H3,(H,22,25)(H,23,27)(H,24,28);7H,1-6,8H2;1-2H3. The Morgan fingerprint density at radius 1 is 1.21 bits per heavy atom. The first-order valence-corrected chi connectivity index (χ1v) is 14.0. The molecule has 10 heteroatoms. The van der Waals surface area contributed by atoms with E-state index in [4.69, 9.17) is 5.73 Å². The van der Waals surface area contributed by atoms with E-state index in [2.05, 4.69) is 30.7 Å². The summed E-state index contributed by atoms with van der Waals surface area (Å²) in [5.41, 5.74) is 8.51. The van der Waals surface area contributed by atoms with Crippen molar-refractivity contribution in [2.75, 3.05) is 31.3 Å². The molecule has 2 amide bonds. The Morgan fingerprint density at radius 3 is 2.49 bits per heavy atom. The number of rotatable bonds is 12. The van der Waals surface area contributed by atoms with Crippen molar-refractivity contribution in [1.29, 1.82) is 0 Å². The van der Waals surface area contributed by atoms with E-state index in [-0.39, 0.29) is 12.0 Å². The van der Waals surface area contributed by atoms with Crippen LogP contribution >= 0.6 is 0 Å². The number of methoxy groups -OCH3 is 1. The highest BCUT2D eigenvalue weighted by atomic mass is 16.5. The first-order valence-electron chi connectivity index (χ1n) is 14.0. The molecule has 6 N–H and O–H groups in total. The van der Waals surface area contributed by atoms with Crippen LogP contribution in [-0.2, 0) is 14.3 Å². The lowest BCUT2D eigenvalue weighted by Gasteiger charge is -2.18. The molecule has 1 aromatic heterocycles. The maximum absolute atomic E-state index is 11.4. The number of hydrogen-bond donors (Lipinski definition) is 5. The average Bonchev–Trinajstić information content (AvgIpc) is 3.47. The van der Waals surface area contributed by atoms with Gasteiger partial charge in [-0.1, -0.05) is 40.0 Å². The number of nitrogens with two attached hydrogens (primary N) is 1. The lowest BCUT2D eigenvalue weighted by molar-refractivity contribution is -0.110. The van der Waals surface area contributed by atoms with Crippen LogP contribution in [0.3, 0.4) is 0 Å². The van der Waals surface area contributed by atoms with Gasteiger partial charge in [-0.3, -0.25) is 10.1 Å². The van der Waals surface area contributed by atoms with Crippen LogP contribution in [0, 0.1) is 11.8 Å². The molecule has 0 saturated heterocycles. The number of nitrogens with zero attached hydrogens (tertiary/aromatic N) is 1. The van der Waals surface area contributed by atoms with Crippen molar-refractivity contribution < 1.29 is 19.1 Å². The van der Waals surface area contributed by atoms with Crippen LogP contribution < -0.4 is 21.7 Å². The minimum atomic E-state index is -0.546. The van der Waals surface area contributed by atoms with Crippen LogP contribution in [0.4, 0.5) is 16.2 Å². The molecule has 0 radical (unpaired) electrons. The van der Waals surface area contributed by atoms with Crippen LogP contribution in [-0.4, -0.2) is 49.5 Å². The van der Waals surface area contributed by atoms with Gasteiger partial charge in [0.2, 0.25) is 6.41 Å². The van der Waals surface area contributed by atoms with E-state index in [1.165, 1.54) is 39.2 Å². The predicted octanol–water partition coefficient (Wildman–Crippen LogP) is 5.64. The summed E-state index contributed by atoms with van der Waals surface area (Å²) in [6.07, 6.45) is 11.7. The maximum Gasteiger partial charge on any atom is 0.411 e. The molecule has 1 aromatic carbocycles. The van der Waals surface area contributed by atoms with Crippen molar-refractivity contribution in [3.63, 3.8) is 0 Å². The first-order chi connectivity index (χ1) is 18.9. The van der Waals surface area contributed by atoms with Crippen molar-refractivity contribution in [1.82, 2.24) is 15.3 Å². The van der Waals surface area contributed by atoms with Gasteiger partial charge in [0.1, 0.15) is 12.1 Å². The third-order valence-corrected chi connectivity index (χ3v) is 6.71. The highest BCUT2D eigenvalue weighted by molar-refractivity contribution is 5.87. The Balaban J connectivity index is 0.000000641. The zero-order chi connectivity index (χ0) is 29.0. The van der Waals surface area contributed by atoms with Gasteiger partial charge in [-0.05, 0) is 62.3 Å². The number of ether oxygens (including phenoxy) is 1. The van der Waals surface area contributed by atoms with E-state index >= 15 is 0 Å². The second-order valence-electron chi connectivity index (χ2n) is 9.47. The summed E-state index contributed by atoms with van der Waals surface area (Å²) >= 11 is 0. The molecule has 1 saturated carbocycles. The average molecular weight is 545 g/mol. The number of anilines is 2. The predicted molar refractivity (Wildman–Crippen MR) is 158 cm³/mol. The van der Waals surface area contributed by atoms with Crippen LogP contribution in [0.25, 0.3) is 11.3 Å². The Kier molecular flexibility index (Phi) is 16.9. The molecule has 1 aliphatic carbocycles. The Labute approximate surface area is 233 Å². The van der Waals surface area contributed by atoms with Crippen molar-refractivity contribution in [3.05, 3.63) is 30.2 Å². The van der Waals surface area contributed by atoms with E-state index < -0.39 is 6.09 Å². The van der Waals surface area contributed by atoms with Gasteiger partial charge in [-0.15, -0.1) is 0 Å². The topological polar surface area (TPSA) is 151 Å². The van der Waals surface area contributed by atoms with Gasteiger partial charge in [-0.25, -0.2) is 9.78 Å². The van der Waals surface area contributed by atoms with E-state index in [0.29, 0.717) is 30.8 Å². The lowest BCUT2D eigenvalue weighted by atomic mass is 9.90. The summed E-state index contributed by atoms with van der Waals surface area (Å²) in [4.78, 5) is 40.8. The molecule has 2 unspecified atom stereocenters. The SMILES string of the molecule is CC.CNc1cc(NC(=O)OC)ccc1-c1cnc(C(CCC(C)CC=O)NC=O)[nH]1.NCC1CCCCC1. The van der Waals surface area contributed by atoms with E-state index in [1.54, 1.807) is 25.4 Å². The number of carbonyl (C=O) groups excluding carboxylic acids is 3. The summed E-state index contributed by atoms with van der Waals surface area (Å²) < 4.78 is 4.61. The maximum atomic E-state index is 11.4. The van der Waals surface area contributed by atoms with Gasteiger partial charge in [0.15, 0.2) is 0 Å². The number of benzene rings is 1. The van der Waals surface area contributed by atoms with Crippen molar-refractivity contribution in [2.45, 2.75) is 78.2 Å². The third-order valence-electron chi connectivity index (χ3n) is 6.71. The fraction of sp³-hybridized carbons (Fsp3) is 0.586. The lowest BCUT2D eigenvalue weighted by Crippen LogP contribution is -2.21. The van der Waals surface area contributed by atoms with Crippen LogP contribution in [0.1, 0.15) is 84.0 Å². The largest absolute Gasteiger partial charge is 0.453 e. The number of imidazole rings is 1. The second-order valence-corrected chi connectivity index (χ2v) is 9.47. The van der Waals surface area contributed by atoms with E-state index in [9.17, 15) is 14.4 Å². The number of carbonyl (C=O) groups is 3. The molecule has 0 spiro atoms. The summed E-state index contributed by atoms with van der Waals surface area (Å²) in [6.45, 7) is 6.92. The molecule has 3 rings (SSSR count). The Bertz CT molecular complexity index is 974. The number of aromatic nitrogens is 2. The normalized spacial score (nSPS) is 14.3. The van der Waals surface area contributed by atoms with E-state index in [1.807, 2.05) is 26.8 Å². The Morgan fingerprint density at radius 2 is 1.92 bits per heavy atom. The second kappa shape index (κ2) is 19.6. The van der Waals surface area contributed by atoms with Crippen LogP contribution in [0.15, 0.2) is 24.4 Å². The summed E-state index contributed by atoms with van der Waals surface area (Å²) in [7, 11) is 3.08. The van der Waals surface area contributed by atoms with Crippen molar-refractivity contribution in [2.24, 2.45) is 17.6 Å². The minimum absolute atomic E-state index is 0.239. The fourth-order valence-electron chi connectivity index (χ4n) is 4.42. The summed E-state index contributed by atoms with van der Waals surface area (Å²) in [6, 6.07) is 5.13. The summed E-state index contributed by atoms with van der Waals surface area (Å²) in [5, 5.41) is 8.51. The molecule has 0 aliphatic heterocycles. The van der Waals surface area contributed by atoms with Crippen molar-refractivity contribution >= 4 is 30.2 Å². The van der Waals surface area contributed by atoms with Gasteiger partial charge in [0.05, 0.1) is 25.0 Å². The molecular weight excluding hydrogens is 496 g/mol. The highest BCUT2D eigenvalue weighted by Gasteiger charge is 2.18. The van der Waals surface area contributed by atoms with Gasteiger partial charge < -0.3 is 30.9 Å². The molecule has 2 atom stereocenters. The number of aromatic amines is 1. The van der Waals surface area contributed by atoms with Gasteiger partial charge in [0.25, 0.3) is 0 Å². The van der Waals surface area contributed by atoms with E-state index in [0.717, 1.165) is 42.1 Å². The molecule has 1 heterocycles.